The Morgan fingerprint density at radius 2 is 1.64 bits per heavy atom. The zero-order valence-corrected chi connectivity index (χ0v) is 21.5. The molecule has 0 aliphatic carbocycles. The molecule has 0 fully saturated rings. The minimum Gasteiger partial charge on any atom is -0.465 e. The van der Waals surface area contributed by atoms with Crippen LogP contribution in [0.25, 0.3) is 0 Å². The molecule has 0 radical (unpaired) electrons. The Hall–Kier alpha value is -3.69. The Kier molecular flexibility index (Phi) is 8.49. The summed E-state index contributed by atoms with van der Waals surface area (Å²) in [6.07, 6.45) is 0. The molecule has 0 saturated carbocycles. The topological polar surface area (TPSA) is 110 Å². The van der Waals surface area contributed by atoms with Gasteiger partial charge in [0.1, 0.15) is 6.54 Å². The predicted octanol–water partition coefficient (Wildman–Crippen LogP) is 4.15. The van der Waals surface area contributed by atoms with Crippen LogP contribution >= 0.6 is 11.6 Å². The van der Waals surface area contributed by atoms with Gasteiger partial charge in [-0.2, -0.15) is 0 Å². The summed E-state index contributed by atoms with van der Waals surface area (Å²) in [5.41, 5.74) is 2.07. The third-order valence-corrected chi connectivity index (χ3v) is 7.67. The van der Waals surface area contributed by atoms with Gasteiger partial charge in [0, 0.05) is 17.1 Å². The third-order valence-electron chi connectivity index (χ3n) is 5.48. The molecule has 1 amide bonds. The maximum atomic E-state index is 13.6. The summed E-state index contributed by atoms with van der Waals surface area (Å²) < 4.78 is 32.9. The number of benzene rings is 3. The van der Waals surface area contributed by atoms with Crippen LogP contribution in [0.15, 0.2) is 71.6 Å². The van der Waals surface area contributed by atoms with E-state index in [1.807, 2.05) is 0 Å². The van der Waals surface area contributed by atoms with E-state index >= 15 is 0 Å². The van der Waals surface area contributed by atoms with E-state index in [0.717, 1.165) is 4.31 Å². The molecule has 36 heavy (non-hydrogen) atoms. The van der Waals surface area contributed by atoms with Crippen LogP contribution in [0, 0.1) is 6.92 Å². The lowest BCUT2D eigenvalue weighted by Gasteiger charge is -2.26. The van der Waals surface area contributed by atoms with Gasteiger partial charge in [-0.15, -0.1) is 0 Å². The van der Waals surface area contributed by atoms with Crippen LogP contribution in [-0.2, 0) is 26.1 Å². The Morgan fingerprint density at radius 1 is 0.972 bits per heavy atom. The summed E-state index contributed by atoms with van der Waals surface area (Å²) in [6, 6.07) is 16.8. The molecule has 0 heterocycles. The van der Waals surface area contributed by atoms with Crippen molar-refractivity contribution in [3.05, 3.63) is 94.0 Å². The fraction of sp³-hybridized carbons (Fsp3) is 0.192. The number of sulfonamides is 1. The highest BCUT2D eigenvalue weighted by atomic mass is 35.5. The van der Waals surface area contributed by atoms with Gasteiger partial charge in [-0.3, -0.25) is 13.9 Å². The fourth-order valence-electron chi connectivity index (χ4n) is 3.47. The smallest absolute Gasteiger partial charge is 0.337 e. The van der Waals surface area contributed by atoms with E-state index in [-0.39, 0.29) is 22.9 Å². The van der Waals surface area contributed by atoms with E-state index in [9.17, 15) is 22.8 Å². The molecule has 0 spiro atoms. The van der Waals surface area contributed by atoms with Crippen LogP contribution in [0.1, 0.15) is 38.8 Å². The molecular weight excluding hydrogens is 504 g/mol. The van der Waals surface area contributed by atoms with Crippen LogP contribution in [0.5, 0.6) is 0 Å². The number of anilines is 1. The predicted molar refractivity (Wildman–Crippen MR) is 137 cm³/mol. The van der Waals surface area contributed by atoms with Crippen molar-refractivity contribution in [2.45, 2.75) is 25.3 Å². The van der Waals surface area contributed by atoms with Crippen molar-refractivity contribution in [2.24, 2.45) is 0 Å². The summed E-state index contributed by atoms with van der Waals surface area (Å²) in [4.78, 5) is 36.2. The molecule has 0 aliphatic rings. The van der Waals surface area contributed by atoms with E-state index in [1.54, 1.807) is 49.4 Å². The highest BCUT2D eigenvalue weighted by Crippen LogP contribution is 2.31. The van der Waals surface area contributed by atoms with Gasteiger partial charge in [-0.05, 0) is 61.4 Å². The molecule has 0 aromatic heterocycles. The normalized spacial score (nSPS) is 11.0. The van der Waals surface area contributed by atoms with Crippen molar-refractivity contribution in [2.75, 3.05) is 18.0 Å². The number of amides is 1. The highest BCUT2D eigenvalue weighted by Gasteiger charge is 2.29. The SMILES string of the molecule is COC(=O)c1cccc(CNC(=O)CN(c2cccc(Cl)c2C)S(=O)(=O)c2ccc(C(C)=O)cc2)c1. The molecule has 0 bridgehead atoms. The summed E-state index contributed by atoms with van der Waals surface area (Å²) in [7, 11) is -2.92. The standard InChI is InChI=1S/C26H25ClN2O6S/c1-17-23(27)8-5-9-24(17)29(36(33,34)22-12-10-20(11-13-22)18(2)30)16-25(31)28-15-19-6-4-7-21(14-19)26(32)35-3/h4-14H,15-16H2,1-3H3,(H,28,31). The van der Waals surface area contributed by atoms with Gasteiger partial charge in [0.25, 0.3) is 10.0 Å². The first-order valence-corrected chi connectivity index (χ1v) is 12.7. The lowest BCUT2D eigenvalue weighted by Crippen LogP contribution is -2.41. The molecule has 3 rings (SSSR count). The second-order valence-corrected chi connectivity index (χ2v) is 10.2. The monoisotopic (exact) mass is 528 g/mol. The second-order valence-electron chi connectivity index (χ2n) is 7.94. The number of rotatable bonds is 9. The Balaban J connectivity index is 1.89. The second kappa shape index (κ2) is 11.4. The van der Waals surface area contributed by atoms with Crippen molar-refractivity contribution in [1.29, 1.82) is 0 Å². The summed E-state index contributed by atoms with van der Waals surface area (Å²) in [6.45, 7) is 2.60. The Morgan fingerprint density at radius 3 is 2.28 bits per heavy atom. The first kappa shape index (κ1) is 26.9. The first-order chi connectivity index (χ1) is 17.0. The molecule has 1 N–H and O–H groups in total. The van der Waals surface area contributed by atoms with Crippen molar-refractivity contribution < 1.29 is 27.5 Å². The fourth-order valence-corrected chi connectivity index (χ4v) is 5.12. The van der Waals surface area contributed by atoms with Crippen LogP contribution < -0.4 is 9.62 Å². The Labute approximate surface area is 214 Å². The zero-order chi connectivity index (χ0) is 26.5. The number of nitrogens with zero attached hydrogens (tertiary/aromatic N) is 1. The van der Waals surface area contributed by atoms with E-state index in [2.05, 4.69) is 5.32 Å². The number of methoxy groups -OCH3 is 1. The average molecular weight is 529 g/mol. The number of carbonyl (C=O) groups is 3. The van der Waals surface area contributed by atoms with Crippen LogP contribution in [0.3, 0.4) is 0 Å². The van der Waals surface area contributed by atoms with Crippen molar-refractivity contribution in [3.63, 3.8) is 0 Å². The van der Waals surface area contributed by atoms with Crippen LogP contribution in [-0.4, -0.2) is 39.7 Å². The molecule has 0 saturated heterocycles. The van der Waals surface area contributed by atoms with E-state index in [0.29, 0.717) is 27.3 Å². The molecule has 8 nitrogen and oxygen atoms in total. The minimum absolute atomic E-state index is 0.0688. The number of hydrogen-bond donors (Lipinski definition) is 1. The van der Waals surface area contributed by atoms with Gasteiger partial charge in [0.2, 0.25) is 5.91 Å². The Bertz CT molecular complexity index is 1400. The number of nitrogens with one attached hydrogen (secondary N) is 1. The van der Waals surface area contributed by atoms with Crippen molar-refractivity contribution >= 4 is 45.0 Å². The number of carbonyl (C=O) groups excluding carboxylic acids is 3. The molecule has 3 aromatic carbocycles. The van der Waals surface area contributed by atoms with Gasteiger partial charge >= 0.3 is 5.97 Å². The molecule has 0 unspecified atom stereocenters. The molecule has 0 atom stereocenters. The maximum absolute atomic E-state index is 13.6. The van der Waals surface area contributed by atoms with Gasteiger partial charge in [-0.25, -0.2) is 13.2 Å². The van der Waals surface area contributed by atoms with E-state index < -0.39 is 28.4 Å². The average Bonchev–Trinajstić information content (AvgIpc) is 2.87. The number of hydrogen-bond acceptors (Lipinski definition) is 6. The third kappa shape index (κ3) is 6.10. The molecular formula is C26H25ClN2O6S. The molecule has 0 aliphatic heterocycles. The molecule has 188 valence electrons. The largest absolute Gasteiger partial charge is 0.465 e. The summed E-state index contributed by atoms with van der Waals surface area (Å²) in [5, 5.41) is 3.04. The summed E-state index contributed by atoms with van der Waals surface area (Å²) >= 11 is 6.24. The van der Waals surface area contributed by atoms with Gasteiger partial charge in [-0.1, -0.05) is 41.9 Å². The van der Waals surface area contributed by atoms with Gasteiger partial charge in [0.05, 0.1) is 23.3 Å². The van der Waals surface area contributed by atoms with Crippen LogP contribution in [0.4, 0.5) is 5.69 Å². The minimum atomic E-state index is -4.19. The van der Waals surface area contributed by atoms with Crippen molar-refractivity contribution in [1.82, 2.24) is 5.32 Å². The lowest BCUT2D eigenvalue weighted by atomic mass is 10.1. The quantitative estimate of drug-likeness (QED) is 0.330. The number of esters is 1. The first-order valence-electron chi connectivity index (χ1n) is 10.9. The van der Waals surface area contributed by atoms with Crippen LogP contribution in [0.2, 0.25) is 5.02 Å². The molecule has 10 heteroatoms. The highest BCUT2D eigenvalue weighted by molar-refractivity contribution is 7.92. The van der Waals surface area contributed by atoms with Gasteiger partial charge in [0.15, 0.2) is 5.78 Å². The maximum Gasteiger partial charge on any atom is 0.337 e. The van der Waals surface area contributed by atoms with E-state index in [4.69, 9.17) is 16.3 Å². The number of ketones is 1. The van der Waals surface area contributed by atoms with E-state index in [1.165, 1.54) is 38.3 Å². The molecule has 3 aromatic rings. The van der Waals surface area contributed by atoms with Crippen molar-refractivity contribution in [3.8, 4) is 0 Å². The number of halogens is 1. The number of ether oxygens (including phenoxy) is 1. The zero-order valence-electron chi connectivity index (χ0n) is 19.9. The lowest BCUT2D eigenvalue weighted by molar-refractivity contribution is -0.119. The van der Waals surface area contributed by atoms with Gasteiger partial charge < -0.3 is 10.1 Å². The number of Topliss-reactive ketones (excluding diaryl/α,β-unsaturated/α-hetero) is 1. The summed E-state index contributed by atoms with van der Waals surface area (Å²) in [5.74, 6) is -1.27.